The molecule has 0 saturated heterocycles. The van der Waals surface area contributed by atoms with Gasteiger partial charge in [-0.1, -0.05) is 250 Å². The lowest BCUT2D eigenvalue weighted by atomic mass is 10.1. The predicted octanol–water partition coefficient (Wildman–Crippen LogP) is 17.6. The zero-order chi connectivity index (χ0) is 48.6. The molecular formula is C61H94O6. The number of hydrogen-bond acceptors (Lipinski definition) is 6. The second kappa shape index (κ2) is 53.9. The van der Waals surface area contributed by atoms with Gasteiger partial charge in [-0.15, -0.1) is 0 Å². The highest BCUT2D eigenvalue weighted by atomic mass is 16.6. The monoisotopic (exact) mass is 923 g/mol. The maximum atomic E-state index is 12.8. The summed E-state index contributed by atoms with van der Waals surface area (Å²) in [7, 11) is 0. The second-order valence-corrected chi connectivity index (χ2v) is 16.9. The number of ether oxygens (including phenoxy) is 3. The number of carbonyl (C=O) groups is 3. The van der Waals surface area contributed by atoms with Crippen molar-refractivity contribution in [2.24, 2.45) is 0 Å². The smallest absolute Gasteiger partial charge is 0.306 e. The molecule has 0 amide bonds. The van der Waals surface area contributed by atoms with Gasteiger partial charge in [0, 0.05) is 19.3 Å². The molecule has 0 heterocycles. The standard InChI is InChI=1S/C61H94O6/c1-4-7-10-13-16-19-22-25-27-29-30-32-33-36-39-42-45-48-51-54-60(63)66-57-58(56-65-59(62)53-50-47-44-41-38-35-24-21-18-15-12-9-6-3)67-61(64)55-52-49-46-43-40-37-34-31-28-26-23-20-17-14-11-8-5-2/h8-9,11-12,14-15,17-18,20-21,23-24,26,28-31,34-35,37-38,40-41,44,58H,4-7,10,13,16,19,22,25,27,32-33,36,39,42-43,45-57H2,1-3H3/b11-8+,12-9+,17-14+,18-15+,23-20+,24-21+,28-26+,30-29+,34-31+,38-35+,40-37+,44-41+. The van der Waals surface area contributed by atoms with Crippen LogP contribution in [0.2, 0.25) is 0 Å². The molecular weight excluding hydrogens is 829 g/mol. The molecule has 1 atom stereocenters. The van der Waals surface area contributed by atoms with Crippen molar-refractivity contribution in [2.75, 3.05) is 13.2 Å². The minimum atomic E-state index is -0.838. The van der Waals surface area contributed by atoms with E-state index in [9.17, 15) is 14.4 Å². The highest BCUT2D eigenvalue weighted by molar-refractivity contribution is 5.71. The van der Waals surface area contributed by atoms with E-state index in [0.29, 0.717) is 19.3 Å². The molecule has 0 radical (unpaired) electrons. The Morgan fingerprint density at radius 2 is 0.612 bits per heavy atom. The third kappa shape index (κ3) is 52.1. The van der Waals surface area contributed by atoms with E-state index in [2.05, 4.69) is 51.2 Å². The Labute approximate surface area is 410 Å². The van der Waals surface area contributed by atoms with Crippen LogP contribution in [0.4, 0.5) is 0 Å². The molecule has 0 aromatic carbocycles. The van der Waals surface area contributed by atoms with E-state index in [-0.39, 0.29) is 44.0 Å². The maximum absolute atomic E-state index is 12.8. The summed E-state index contributed by atoms with van der Waals surface area (Å²) in [5.74, 6) is -1.06. The zero-order valence-corrected chi connectivity index (χ0v) is 42.6. The minimum absolute atomic E-state index is 0.127. The third-order valence-electron chi connectivity index (χ3n) is 10.6. The molecule has 0 aromatic heterocycles. The topological polar surface area (TPSA) is 78.9 Å². The molecule has 0 N–H and O–H groups in total. The van der Waals surface area contributed by atoms with Crippen molar-refractivity contribution in [1.29, 1.82) is 0 Å². The molecule has 0 aliphatic heterocycles. The average molecular weight is 923 g/mol. The van der Waals surface area contributed by atoms with E-state index in [4.69, 9.17) is 14.2 Å². The van der Waals surface area contributed by atoms with Gasteiger partial charge in [0.25, 0.3) is 0 Å². The van der Waals surface area contributed by atoms with E-state index in [1.165, 1.54) is 89.9 Å². The lowest BCUT2D eigenvalue weighted by Gasteiger charge is -2.18. The number of esters is 3. The zero-order valence-electron chi connectivity index (χ0n) is 42.6. The Morgan fingerprint density at radius 1 is 0.313 bits per heavy atom. The van der Waals surface area contributed by atoms with Crippen molar-refractivity contribution in [1.82, 2.24) is 0 Å². The maximum Gasteiger partial charge on any atom is 0.306 e. The largest absolute Gasteiger partial charge is 0.462 e. The van der Waals surface area contributed by atoms with E-state index in [1.807, 2.05) is 115 Å². The first-order valence-electron chi connectivity index (χ1n) is 26.5. The molecule has 0 bridgehead atoms. The van der Waals surface area contributed by atoms with Gasteiger partial charge in [-0.3, -0.25) is 14.4 Å². The van der Waals surface area contributed by atoms with Crippen molar-refractivity contribution in [3.63, 3.8) is 0 Å². The number of rotatable bonds is 45. The van der Waals surface area contributed by atoms with Crippen LogP contribution in [0.1, 0.15) is 201 Å². The Hall–Kier alpha value is -4.71. The molecule has 374 valence electrons. The van der Waals surface area contributed by atoms with E-state index in [1.54, 1.807) is 0 Å². The SMILES string of the molecule is CC/C=C/C=C/C=C/C=C/C=C/C=C/CCCCCC(=O)OC(COC(=O)CCC/C=C/C=C/C=C/C=C/C=C/CC)COC(=O)CCCCCCCCC/C=C/CCCCCCCCCC. The Morgan fingerprint density at radius 3 is 1.03 bits per heavy atom. The molecule has 0 aliphatic carbocycles. The van der Waals surface area contributed by atoms with Gasteiger partial charge in [-0.05, 0) is 77.0 Å². The molecule has 6 heteroatoms. The van der Waals surface area contributed by atoms with Gasteiger partial charge in [0.15, 0.2) is 6.10 Å². The van der Waals surface area contributed by atoms with Gasteiger partial charge in [0.2, 0.25) is 0 Å². The molecule has 0 rings (SSSR count). The summed E-state index contributed by atoms with van der Waals surface area (Å²) in [6.45, 7) is 6.22. The van der Waals surface area contributed by atoms with Gasteiger partial charge in [-0.2, -0.15) is 0 Å². The normalized spacial score (nSPS) is 13.3. The highest BCUT2D eigenvalue weighted by Crippen LogP contribution is 2.13. The first kappa shape index (κ1) is 62.3. The summed E-state index contributed by atoms with van der Waals surface area (Å²) in [5, 5.41) is 0. The summed E-state index contributed by atoms with van der Waals surface area (Å²) in [6, 6.07) is 0. The average Bonchev–Trinajstić information content (AvgIpc) is 3.33. The summed E-state index contributed by atoms with van der Waals surface area (Å²) < 4.78 is 16.7. The fourth-order valence-electron chi connectivity index (χ4n) is 6.67. The number of hydrogen-bond donors (Lipinski definition) is 0. The Bertz CT molecular complexity index is 1530. The van der Waals surface area contributed by atoms with Crippen molar-refractivity contribution in [3.8, 4) is 0 Å². The number of allylic oxidation sites excluding steroid dienone is 24. The Kier molecular flexibility index (Phi) is 50.1. The van der Waals surface area contributed by atoms with Crippen LogP contribution < -0.4 is 0 Å². The lowest BCUT2D eigenvalue weighted by Crippen LogP contribution is -2.30. The first-order valence-corrected chi connectivity index (χ1v) is 26.5. The predicted molar refractivity (Wildman–Crippen MR) is 288 cm³/mol. The molecule has 0 fully saturated rings. The highest BCUT2D eigenvalue weighted by Gasteiger charge is 2.19. The molecule has 0 aromatic rings. The van der Waals surface area contributed by atoms with Crippen molar-refractivity contribution < 1.29 is 28.6 Å². The van der Waals surface area contributed by atoms with Gasteiger partial charge in [0.05, 0.1) is 0 Å². The molecule has 0 saturated carbocycles. The molecule has 6 nitrogen and oxygen atoms in total. The number of unbranched alkanes of at least 4 members (excludes halogenated alkanes) is 19. The van der Waals surface area contributed by atoms with E-state index in [0.717, 1.165) is 57.8 Å². The first-order chi connectivity index (χ1) is 33.0. The summed E-state index contributed by atoms with van der Waals surface area (Å²) in [6.07, 6.45) is 77.0. The lowest BCUT2D eigenvalue weighted by molar-refractivity contribution is -0.167. The third-order valence-corrected chi connectivity index (χ3v) is 10.6. The summed E-state index contributed by atoms with van der Waals surface area (Å²) >= 11 is 0. The molecule has 0 aliphatic rings. The fraction of sp³-hybridized carbons (Fsp3) is 0.557. The van der Waals surface area contributed by atoms with Crippen LogP contribution in [0.25, 0.3) is 0 Å². The summed E-state index contributed by atoms with van der Waals surface area (Å²) in [5.41, 5.74) is 0. The van der Waals surface area contributed by atoms with Crippen molar-refractivity contribution >= 4 is 17.9 Å². The van der Waals surface area contributed by atoms with Gasteiger partial charge in [-0.25, -0.2) is 0 Å². The van der Waals surface area contributed by atoms with Crippen LogP contribution >= 0.6 is 0 Å². The van der Waals surface area contributed by atoms with Crippen LogP contribution in [-0.4, -0.2) is 37.2 Å². The quantitative estimate of drug-likeness (QED) is 0.0199. The van der Waals surface area contributed by atoms with Crippen molar-refractivity contribution in [3.05, 3.63) is 146 Å². The van der Waals surface area contributed by atoms with Crippen LogP contribution in [-0.2, 0) is 28.6 Å². The van der Waals surface area contributed by atoms with Crippen LogP contribution in [0.3, 0.4) is 0 Å². The summed E-state index contributed by atoms with van der Waals surface area (Å²) in [4.78, 5) is 38.0. The molecule has 1 unspecified atom stereocenters. The van der Waals surface area contributed by atoms with Crippen LogP contribution in [0.5, 0.6) is 0 Å². The molecule has 67 heavy (non-hydrogen) atoms. The van der Waals surface area contributed by atoms with E-state index < -0.39 is 6.10 Å². The van der Waals surface area contributed by atoms with Gasteiger partial charge < -0.3 is 14.2 Å². The number of carbonyl (C=O) groups excluding carboxylic acids is 3. The molecule has 0 spiro atoms. The van der Waals surface area contributed by atoms with Gasteiger partial charge in [0.1, 0.15) is 13.2 Å². The van der Waals surface area contributed by atoms with Gasteiger partial charge >= 0.3 is 17.9 Å². The minimum Gasteiger partial charge on any atom is -0.462 e. The second-order valence-electron chi connectivity index (χ2n) is 16.9. The van der Waals surface area contributed by atoms with Crippen LogP contribution in [0, 0.1) is 0 Å². The fourth-order valence-corrected chi connectivity index (χ4v) is 6.67. The van der Waals surface area contributed by atoms with E-state index >= 15 is 0 Å². The van der Waals surface area contributed by atoms with Crippen LogP contribution in [0.15, 0.2) is 146 Å². The Balaban J connectivity index is 4.57. The van der Waals surface area contributed by atoms with Crippen molar-refractivity contribution in [2.45, 2.75) is 207 Å².